The van der Waals surface area contributed by atoms with Crippen molar-refractivity contribution in [2.45, 2.75) is 70.5 Å². The van der Waals surface area contributed by atoms with Crippen molar-refractivity contribution < 1.29 is 36.4 Å². The third kappa shape index (κ3) is 8.28. The second kappa shape index (κ2) is 15.1. The molecule has 1 aromatic heterocycles. The summed E-state index contributed by atoms with van der Waals surface area (Å²) in [4.78, 5) is 43.0. The topological polar surface area (TPSA) is 106 Å². The van der Waals surface area contributed by atoms with Crippen LogP contribution in [0.15, 0.2) is 91.0 Å². The molecule has 0 fully saturated rings. The molecule has 0 bridgehead atoms. The van der Waals surface area contributed by atoms with E-state index in [9.17, 15) is 31.9 Å². The summed E-state index contributed by atoms with van der Waals surface area (Å²) in [5.74, 6) is -3.11. The molecule has 0 spiro atoms. The predicted molar refractivity (Wildman–Crippen MR) is 197 cm³/mol. The molecular weight excluding hydrogens is 707 g/mol. The van der Waals surface area contributed by atoms with E-state index in [1.54, 1.807) is 35.9 Å². The fourth-order valence-electron chi connectivity index (χ4n) is 5.88. The van der Waals surface area contributed by atoms with Gasteiger partial charge in [-0.15, -0.1) is 0 Å². The first-order valence-corrected chi connectivity index (χ1v) is 20.1. The number of halogens is 4. The average Bonchev–Trinajstić information content (AvgIpc) is 3.48. The molecule has 53 heavy (non-hydrogen) atoms. The maximum atomic E-state index is 14.5. The van der Waals surface area contributed by atoms with Gasteiger partial charge in [0, 0.05) is 29.2 Å². The molecule has 14 heteroatoms. The lowest BCUT2D eigenvalue weighted by Crippen LogP contribution is -2.55. The second-order valence-corrected chi connectivity index (χ2v) is 19.2. The van der Waals surface area contributed by atoms with Crippen molar-refractivity contribution >= 4 is 31.9 Å². The summed E-state index contributed by atoms with van der Waals surface area (Å²) in [5, 5.41) is 10.4. The summed E-state index contributed by atoms with van der Waals surface area (Å²) in [5.41, 5.74) is 0.713. The Kier molecular flexibility index (Phi) is 11.2. The number of benzene rings is 3. The number of hydrogen-bond donors (Lipinski definition) is 2. The van der Waals surface area contributed by atoms with Crippen LogP contribution in [0.1, 0.15) is 66.4 Å². The minimum Gasteiger partial charge on any atom is -0.412 e. The van der Waals surface area contributed by atoms with Crippen molar-refractivity contribution in [3.05, 3.63) is 125 Å². The number of likely N-dealkylation sites (N-methyl/N-ethyl adjacent to an activating group) is 1. The molecule has 1 aliphatic rings. The molecule has 3 aromatic carbocycles. The van der Waals surface area contributed by atoms with E-state index in [2.05, 4.69) is 51.1 Å². The molecule has 4 aromatic rings. The highest BCUT2D eigenvalue weighted by Gasteiger charge is 2.46. The molecule has 5 rings (SSSR count). The average molecular weight is 750 g/mol. The van der Waals surface area contributed by atoms with Gasteiger partial charge in [0.15, 0.2) is 8.32 Å². The van der Waals surface area contributed by atoms with Crippen LogP contribution in [-0.4, -0.2) is 55.0 Å². The van der Waals surface area contributed by atoms with Gasteiger partial charge >= 0.3 is 6.18 Å². The van der Waals surface area contributed by atoms with Crippen LogP contribution >= 0.6 is 0 Å². The Balaban J connectivity index is 1.60. The largest absolute Gasteiger partial charge is 0.416 e. The Hall–Kier alpha value is -5.08. The van der Waals surface area contributed by atoms with Gasteiger partial charge in [0.2, 0.25) is 5.91 Å². The summed E-state index contributed by atoms with van der Waals surface area (Å²) >= 11 is 0. The first kappa shape index (κ1) is 39.1. The Bertz CT molecular complexity index is 2010. The number of hydrogen-bond acceptors (Lipinski definition) is 5. The number of carbonyl (C=O) groups excluding carboxylic acids is 3. The van der Waals surface area contributed by atoms with Gasteiger partial charge in [0.1, 0.15) is 17.7 Å². The molecule has 0 saturated carbocycles. The molecule has 2 atom stereocenters. The molecule has 0 radical (unpaired) electrons. The van der Waals surface area contributed by atoms with E-state index in [-0.39, 0.29) is 35.9 Å². The number of nitrogens with one attached hydrogen (secondary N) is 2. The maximum absolute atomic E-state index is 14.5. The highest BCUT2D eigenvalue weighted by atomic mass is 28.4. The number of nitrogens with zero attached hydrogens (tertiary/aromatic N) is 3. The van der Waals surface area contributed by atoms with E-state index >= 15 is 0 Å². The number of carbonyl (C=O) groups is 3. The lowest BCUT2D eigenvalue weighted by atomic mass is 9.80. The third-order valence-electron chi connectivity index (χ3n) is 9.84. The Morgan fingerprint density at radius 1 is 0.981 bits per heavy atom. The fourth-order valence-corrected chi connectivity index (χ4v) is 6.85. The normalized spacial score (nSPS) is 16.3. The number of fused-ring (bicyclic) bond motifs is 1. The van der Waals surface area contributed by atoms with Gasteiger partial charge in [-0.25, -0.2) is 9.07 Å². The molecule has 0 unspecified atom stereocenters. The minimum atomic E-state index is -4.70. The highest BCUT2D eigenvalue weighted by molar-refractivity contribution is 6.74. The number of para-hydroxylation sites is 1. The Morgan fingerprint density at radius 3 is 2.25 bits per heavy atom. The van der Waals surface area contributed by atoms with E-state index in [4.69, 9.17) is 9.52 Å². The standard InChI is InChI=1S/C39H43F4N5O4Si/c1-8-47-36-32(30(46-48(36)29-15-10-9-11-16-29)22-44-34(49)24(2)23-52-53(6,7)38(3,4)5)31(25-17-19-28(40)20-18-25)33(37(47)51)45-35(50)26-13-12-14-27(21-26)39(41,42)43/h9-21,31,33H,2,8,22-23H2,1,3-7H3,(H,44,49)(H,45,50)/t31-,33-/m0/s1. The maximum Gasteiger partial charge on any atom is 0.416 e. The van der Waals surface area contributed by atoms with Crippen molar-refractivity contribution in [2.24, 2.45) is 0 Å². The summed E-state index contributed by atoms with van der Waals surface area (Å²) in [6.45, 7) is 16.1. The van der Waals surface area contributed by atoms with Crippen LogP contribution < -0.4 is 15.5 Å². The van der Waals surface area contributed by atoms with Crippen molar-refractivity contribution in [1.82, 2.24) is 20.4 Å². The van der Waals surface area contributed by atoms with Gasteiger partial charge in [0.05, 0.1) is 30.1 Å². The Labute approximate surface area is 307 Å². The van der Waals surface area contributed by atoms with Crippen LogP contribution in [0.25, 0.3) is 5.69 Å². The monoisotopic (exact) mass is 749 g/mol. The molecular formula is C39H43F4N5O4Si. The first-order valence-electron chi connectivity index (χ1n) is 17.2. The van der Waals surface area contributed by atoms with Crippen LogP contribution in [0.3, 0.4) is 0 Å². The van der Waals surface area contributed by atoms with Gasteiger partial charge in [-0.05, 0) is 73.1 Å². The molecule has 2 N–H and O–H groups in total. The SMILES string of the molecule is C=C(CO[Si](C)(C)C(C)(C)C)C(=O)NCc1nn(-c2ccccc2)c2c1[C@H](c1ccc(F)cc1)[C@H](NC(=O)c1cccc(C(F)(F)F)c1)C(=O)N2CC. The fraction of sp³-hybridized carbons (Fsp3) is 0.333. The van der Waals surface area contributed by atoms with Crippen LogP contribution in [0.5, 0.6) is 0 Å². The number of amides is 3. The molecule has 0 saturated heterocycles. The summed E-state index contributed by atoms with van der Waals surface area (Å²) in [7, 11) is -2.19. The zero-order valence-corrected chi connectivity index (χ0v) is 31.5. The van der Waals surface area contributed by atoms with Gasteiger partial charge in [-0.3, -0.25) is 19.3 Å². The van der Waals surface area contributed by atoms with Gasteiger partial charge in [-0.1, -0.05) is 63.7 Å². The van der Waals surface area contributed by atoms with Crippen molar-refractivity contribution in [2.75, 3.05) is 18.1 Å². The van der Waals surface area contributed by atoms with Gasteiger partial charge < -0.3 is 15.1 Å². The van der Waals surface area contributed by atoms with E-state index in [0.717, 1.165) is 12.1 Å². The number of aromatic nitrogens is 2. The second-order valence-electron chi connectivity index (χ2n) is 14.4. The van der Waals surface area contributed by atoms with Crippen LogP contribution in [0.4, 0.5) is 23.4 Å². The zero-order valence-electron chi connectivity index (χ0n) is 30.5. The third-order valence-corrected chi connectivity index (χ3v) is 14.3. The van der Waals surface area contributed by atoms with Crippen molar-refractivity contribution in [3.8, 4) is 5.69 Å². The van der Waals surface area contributed by atoms with Crippen LogP contribution in [0.2, 0.25) is 18.1 Å². The molecule has 1 aliphatic heterocycles. The predicted octanol–water partition coefficient (Wildman–Crippen LogP) is 7.52. The van der Waals surface area contributed by atoms with Crippen molar-refractivity contribution in [1.29, 1.82) is 0 Å². The highest BCUT2D eigenvalue weighted by Crippen LogP contribution is 2.44. The van der Waals surface area contributed by atoms with Crippen molar-refractivity contribution in [3.63, 3.8) is 0 Å². The van der Waals surface area contributed by atoms with Crippen LogP contribution in [0, 0.1) is 5.82 Å². The zero-order chi connectivity index (χ0) is 38.9. The molecule has 9 nitrogen and oxygen atoms in total. The van der Waals surface area contributed by atoms with E-state index in [1.165, 1.54) is 35.2 Å². The van der Waals surface area contributed by atoms with Gasteiger partial charge in [-0.2, -0.15) is 18.3 Å². The smallest absolute Gasteiger partial charge is 0.412 e. The molecule has 0 aliphatic carbocycles. The lowest BCUT2D eigenvalue weighted by molar-refractivity contribution is -0.137. The van der Waals surface area contributed by atoms with E-state index in [1.807, 2.05) is 6.07 Å². The minimum absolute atomic E-state index is 0.0266. The first-order chi connectivity index (χ1) is 24.8. The van der Waals surface area contributed by atoms with E-state index < -0.39 is 55.6 Å². The van der Waals surface area contributed by atoms with Gasteiger partial charge in [0.25, 0.3) is 11.8 Å². The Morgan fingerprint density at radius 2 is 1.64 bits per heavy atom. The summed E-state index contributed by atoms with van der Waals surface area (Å²) in [6, 6.07) is 16.9. The number of alkyl halides is 3. The van der Waals surface area contributed by atoms with Crippen LogP contribution in [-0.2, 0) is 26.7 Å². The molecule has 280 valence electrons. The lowest BCUT2D eigenvalue weighted by Gasteiger charge is -2.38. The summed E-state index contributed by atoms with van der Waals surface area (Å²) < 4.78 is 62.8. The number of anilines is 1. The van der Waals surface area contributed by atoms with E-state index in [0.29, 0.717) is 34.4 Å². The number of rotatable bonds is 11. The molecule has 2 heterocycles. The quantitative estimate of drug-likeness (QED) is 0.0938. The molecule has 3 amide bonds. The summed E-state index contributed by atoms with van der Waals surface area (Å²) in [6.07, 6.45) is -4.70.